The fraction of sp³-hybridized carbons (Fsp3) is 0.333. The number of carbonyl (C=O) groups is 2. The average Bonchev–Trinajstić information content (AvgIpc) is 2.37. The third kappa shape index (κ3) is 3.02. The quantitative estimate of drug-likeness (QED) is 0.812. The number of amides is 2. The lowest BCUT2D eigenvalue weighted by Gasteiger charge is -2.23. The van der Waals surface area contributed by atoms with Gasteiger partial charge in [-0.2, -0.15) is 0 Å². The van der Waals surface area contributed by atoms with Gasteiger partial charge >= 0.3 is 0 Å². The normalized spacial score (nSPS) is 17.8. The smallest absolute Gasteiger partial charge is 0.245 e. The molecule has 0 bridgehead atoms. The van der Waals surface area contributed by atoms with Crippen molar-refractivity contribution in [3.05, 3.63) is 24.3 Å². The van der Waals surface area contributed by atoms with Crippen LogP contribution in [0.15, 0.2) is 29.2 Å². The monoisotopic (exact) mass is 266 g/mol. The van der Waals surface area contributed by atoms with E-state index < -0.39 is 5.25 Å². The lowest BCUT2D eigenvalue weighted by atomic mass is 10.2. The zero-order valence-electron chi connectivity index (χ0n) is 9.93. The molecule has 0 aliphatic carbocycles. The Hall–Kier alpha value is -1.53. The molecular weight excluding hydrogens is 252 g/mol. The van der Waals surface area contributed by atoms with Crippen molar-refractivity contribution in [1.29, 1.82) is 0 Å². The fourth-order valence-corrected chi connectivity index (χ4v) is 2.70. The zero-order valence-corrected chi connectivity index (χ0v) is 10.8. The Morgan fingerprint density at radius 3 is 3.06 bits per heavy atom. The molecule has 1 aromatic carbocycles. The molecule has 0 radical (unpaired) electrons. The average molecular weight is 266 g/mol. The topological polar surface area (TPSA) is 67.4 Å². The highest BCUT2D eigenvalue weighted by Gasteiger charge is 2.28. The summed E-state index contributed by atoms with van der Waals surface area (Å²) < 4.78 is 0. The van der Waals surface area contributed by atoms with Crippen LogP contribution >= 0.6 is 11.8 Å². The van der Waals surface area contributed by atoms with Gasteiger partial charge < -0.3 is 5.32 Å². The number of hydrogen-bond acceptors (Lipinski definition) is 4. The first-order chi connectivity index (χ1) is 8.70. The van der Waals surface area contributed by atoms with Crippen LogP contribution in [-0.2, 0) is 14.4 Å². The number of hydrogen-bond donors (Lipinski definition) is 2. The summed E-state index contributed by atoms with van der Waals surface area (Å²) in [7, 11) is 0. The third-order valence-electron chi connectivity index (χ3n) is 2.41. The Labute approximate surface area is 109 Å². The zero-order chi connectivity index (χ0) is 13.0. The van der Waals surface area contributed by atoms with Crippen LogP contribution in [0.25, 0.3) is 0 Å². The number of fused-ring (bicyclic) bond motifs is 1. The first-order valence-corrected chi connectivity index (χ1v) is 6.56. The van der Waals surface area contributed by atoms with E-state index in [4.69, 9.17) is 4.84 Å². The van der Waals surface area contributed by atoms with E-state index in [9.17, 15) is 9.59 Å². The highest BCUT2D eigenvalue weighted by Crippen LogP contribution is 2.36. The molecule has 96 valence electrons. The number of thioether (sulfide) groups is 1. The molecular formula is C12H14N2O3S. The maximum Gasteiger partial charge on any atom is 0.245 e. The van der Waals surface area contributed by atoms with Gasteiger partial charge in [-0.15, -0.1) is 11.8 Å². The molecule has 6 heteroatoms. The third-order valence-corrected chi connectivity index (χ3v) is 3.68. The van der Waals surface area contributed by atoms with Crippen LogP contribution in [0.5, 0.6) is 0 Å². The van der Waals surface area contributed by atoms with Crippen LogP contribution in [-0.4, -0.2) is 23.7 Å². The van der Waals surface area contributed by atoms with Crippen molar-refractivity contribution in [2.24, 2.45) is 0 Å². The van der Waals surface area contributed by atoms with Gasteiger partial charge in [0.1, 0.15) is 0 Å². The summed E-state index contributed by atoms with van der Waals surface area (Å²) >= 11 is 1.40. The van der Waals surface area contributed by atoms with Gasteiger partial charge in [-0.1, -0.05) is 12.1 Å². The van der Waals surface area contributed by atoms with E-state index in [1.807, 2.05) is 24.3 Å². The van der Waals surface area contributed by atoms with Crippen molar-refractivity contribution in [3.8, 4) is 0 Å². The lowest BCUT2D eigenvalue weighted by molar-refractivity contribution is -0.134. The van der Waals surface area contributed by atoms with Gasteiger partial charge in [0.05, 0.1) is 17.5 Å². The minimum atomic E-state index is -0.416. The molecule has 5 nitrogen and oxygen atoms in total. The SMILES string of the molecule is CCONC(=O)C[C@@H]1Sc2ccccc2NC1=O. The fourth-order valence-electron chi connectivity index (χ4n) is 1.59. The van der Waals surface area contributed by atoms with E-state index in [1.165, 1.54) is 11.8 Å². The van der Waals surface area contributed by atoms with Gasteiger partial charge in [0.2, 0.25) is 11.8 Å². The van der Waals surface area contributed by atoms with E-state index in [0.717, 1.165) is 10.6 Å². The summed E-state index contributed by atoms with van der Waals surface area (Å²) in [5.41, 5.74) is 3.09. The number of benzene rings is 1. The minimum absolute atomic E-state index is 0.102. The Morgan fingerprint density at radius 1 is 1.50 bits per heavy atom. The van der Waals surface area contributed by atoms with E-state index in [2.05, 4.69) is 10.8 Å². The van der Waals surface area contributed by atoms with Gasteiger partial charge in [-0.3, -0.25) is 14.4 Å². The number of para-hydroxylation sites is 1. The summed E-state index contributed by atoms with van der Waals surface area (Å²) in [4.78, 5) is 29.1. The highest BCUT2D eigenvalue weighted by atomic mass is 32.2. The second-order valence-electron chi connectivity index (χ2n) is 3.75. The van der Waals surface area contributed by atoms with E-state index in [0.29, 0.717) is 6.61 Å². The Kier molecular flexibility index (Phi) is 4.22. The number of nitrogens with one attached hydrogen (secondary N) is 2. The van der Waals surface area contributed by atoms with Crippen molar-refractivity contribution in [2.75, 3.05) is 11.9 Å². The molecule has 1 heterocycles. The Morgan fingerprint density at radius 2 is 2.28 bits per heavy atom. The van der Waals surface area contributed by atoms with Crippen molar-refractivity contribution in [1.82, 2.24) is 5.48 Å². The maximum atomic E-state index is 11.8. The first-order valence-electron chi connectivity index (χ1n) is 5.68. The molecule has 18 heavy (non-hydrogen) atoms. The van der Waals surface area contributed by atoms with Gasteiger partial charge in [-0.25, -0.2) is 5.48 Å². The largest absolute Gasteiger partial charge is 0.324 e. The van der Waals surface area contributed by atoms with Crippen LogP contribution in [0.4, 0.5) is 5.69 Å². The molecule has 0 unspecified atom stereocenters. The van der Waals surface area contributed by atoms with Crippen molar-refractivity contribution >= 4 is 29.3 Å². The Balaban J connectivity index is 1.99. The maximum absolute atomic E-state index is 11.8. The predicted molar refractivity (Wildman–Crippen MR) is 69.1 cm³/mol. The molecule has 1 aliphatic heterocycles. The van der Waals surface area contributed by atoms with E-state index in [1.54, 1.807) is 6.92 Å². The molecule has 1 aromatic rings. The number of anilines is 1. The summed E-state index contributed by atoms with van der Waals surface area (Å²) in [6.45, 7) is 2.18. The summed E-state index contributed by atoms with van der Waals surface area (Å²) in [5.74, 6) is -0.436. The van der Waals surface area contributed by atoms with Gasteiger partial charge in [0.25, 0.3) is 0 Å². The molecule has 0 saturated carbocycles. The molecule has 0 fully saturated rings. The number of carbonyl (C=O) groups excluding carboxylic acids is 2. The molecule has 0 spiro atoms. The van der Waals surface area contributed by atoms with Gasteiger partial charge in [-0.05, 0) is 19.1 Å². The first kappa shape index (κ1) is 12.9. The van der Waals surface area contributed by atoms with Crippen LogP contribution < -0.4 is 10.8 Å². The minimum Gasteiger partial charge on any atom is -0.324 e. The van der Waals surface area contributed by atoms with E-state index >= 15 is 0 Å². The number of hydroxylamine groups is 1. The molecule has 1 atom stereocenters. The van der Waals surface area contributed by atoms with Crippen molar-refractivity contribution < 1.29 is 14.4 Å². The molecule has 0 aromatic heterocycles. The summed E-state index contributed by atoms with van der Waals surface area (Å²) in [6, 6.07) is 7.53. The van der Waals surface area contributed by atoms with E-state index in [-0.39, 0.29) is 18.2 Å². The molecule has 0 saturated heterocycles. The lowest BCUT2D eigenvalue weighted by Crippen LogP contribution is -2.34. The summed E-state index contributed by atoms with van der Waals surface area (Å²) in [6.07, 6.45) is 0.102. The summed E-state index contributed by atoms with van der Waals surface area (Å²) in [5, 5.41) is 2.37. The second-order valence-corrected chi connectivity index (χ2v) is 5.00. The molecule has 2 rings (SSSR count). The Bertz CT molecular complexity index is 464. The van der Waals surface area contributed by atoms with Gasteiger partial charge in [0.15, 0.2) is 0 Å². The molecule has 2 N–H and O–H groups in total. The predicted octanol–water partition coefficient (Wildman–Crippen LogP) is 1.56. The van der Waals surface area contributed by atoms with Crippen LogP contribution in [0, 0.1) is 0 Å². The van der Waals surface area contributed by atoms with Gasteiger partial charge in [0, 0.05) is 11.3 Å². The second kappa shape index (κ2) is 5.88. The molecule has 2 amide bonds. The standard InChI is InChI=1S/C12H14N2O3S/c1-2-17-14-11(15)7-10-12(16)13-8-5-3-4-6-9(8)18-10/h3-6,10H,2,7H2,1H3,(H,13,16)(H,14,15)/t10-/m0/s1. The highest BCUT2D eigenvalue weighted by molar-refractivity contribution is 8.01. The van der Waals surface area contributed by atoms with Crippen LogP contribution in [0.3, 0.4) is 0 Å². The number of rotatable bonds is 4. The van der Waals surface area contributed by atoms with Crippen molar-refractivity contribution in [2.45, 2.75) is 23.5 Å². The molecule has 1 aliphatic rings. The van der Waals surface area contributed by atoms with Crippen LogP contribution in [0.2, 0.25) is 0 Å². The van der Waals surface area contributed by atoms with Crippen LogP contribution in [0.1, 0.15) is 13.3 Å². The van der Waals surface area contributed by atoms with Crippen molar-refractivity contribution in [3.63, 3.8) is 0 Å².